The van der Waals surface area contributed by atoms with Gasteiger partial charge in [-0.3, -0.25) is 0 Å². The smallest absolute Gasteiger partial charge is 0.315 e. The zero-order valence-corrected chi connectivity index (χ0v) is 14.9. The first-order valence-electron chi connectivity index (χ1n) is 8.01. The Morgan fingerprint density at radius 3 is 2.46 bits per heavy atom. The van der Waals surface area contributed by atoms with E-state index in [-0.39, 0.29) is 25.2 Å². The highest BCUT2D eigenvalue weighted by Gasteiger charge is 2.23. The fourth-order valence-electron chi connectivity index (χ4n) is 2.25. The Kier molecular flexibility index (Phi) is 6.44. The third-order valence-corrected chi connectivity index (χ3v) is 5.14. The first kappa shape index (κ1) is 18.5. The molecule has 2 N–H and O–H groups in total. The second kappa shape index (κ2) is 8.34. The van der Waals surface area contributed by atoms with E-state index in [4.69, 9.17) is 4.74 Å². The lowest BCUT2D eigenvalue weighted by Gasteiger charge is -2.20. The standard InChI is InChI=1S/C16H25N3O4S/c1-23-15-7-3-13(4-8-15)9-11-19(24(2,21)22)12-10-17-16(20)18-14-5-6-14/h3-4,7-8,14H,5-6,9-12H2,1-2H3,(H2,17,18,20). The van der Waals surface area contributed by atoms with E-state index in [9.17, 15) is 13.2 Å². The lowest BCUT2D eigenvalue weighted by molar-refractivity contribution is 0.239. The Balaban J connectivity index is 1.80. The minimum atomic E-state index is -3.32. The molecular weight excluding hydrogens is 330 g/mol. The molecule has 1 aliphatic carbocycles. The van der Waals surface area contributed by atoms with E-state index >= 15 is 0 Å². The number of nitrogens with one attached hydrogen (secondary N) is 2. The van der Waals surface area contributed by atoms with Crippen LogP contribution in [0.25, 0.3) is 0 Å². The summed E-state index contributed by atoms with van der Waals surface area (Å²) in [6.07, 6.45) is 3.83. The van der Waals surface area contributed by atoms with Crippen LogP contribution in [-0.4, -0.2) is 57.8 Å². The molecule has 0 aliphatic heterocycles. The highest BCUT2D eigenvalue weighted by Crippen LogP contribution is 2.18. The van der Waals surface area contributed by atoms with Crippen LogP contribution >= 0.6 is 0 Å². The highest BCUT2D eigenvalue weighted by molar-refractivity contribution is 7.88. The van der Waals surface area contributed by atoms with Crippen LogP contribution in [0.5, 0.6) is 5.75 Å². The predicted molar refractivity (Wildman–Crippen MR) is 92.7 cm³/mol. The van der Waals surface area contributed by atoms with E-state index in [0.717, 1.165) is 24.2 Å². The summed E-state index contributed by atoms with van der Waals surface area (Å²) in [7, 11) is -1.72. The molecule has 1 aromatic rings. The van der Waals surface area contributed by atoms with Crippen molar-refractivity contribution >= 4 is 16.1 Å². The number of benzene rings is 1. The van der Waals surface area contributed by atoms with Crippen LogP contribution in [-0.2, 0) is 16.4 Å². The molecule has 7 nitrogen and oxygen atoms in total. The van der Waals surface area contributed by atoms with Crippen molar-refractivity contribution < 1.29 is 17.9 Å². The maximum atomic E-state index is 11.9. The number of carbonyl (C=O) groups is 1. The van der Waals surface area contributed by atoms with Gasteiger partial charge in [0.15, 0.2) is 0 Å². The molecule has 0 radical (unpaired) electrons. The highest BCUT2D eigenvalue weighted by atomic mass is 32.2. The number of urea groups is 1. The van der Waals surface area contributed by atoms with Crippen molar-refractivity contribution in [1.82, 2.24) is 14.9 Å². The van der Waals surface area contributed by atoms with Gasteiger partial charge in [-0.25, -0.2) is 17.5 Å². The molecule has 8 heteroatoms. The van der Waals surface area contributed by atoms with Crippen molar-refractivity contribution in [3.63, 3.8) is 0 Å². The van der Waals surface area contributed by atoms with E-state index < -0.39 is 10.0 Å². The van der Waals surface area contributed by atoms with E-state index in [2.05, 4.69) is 10.6 Å². The maximum Gasteiger partial charge on any atom is 0.315 e. The first-order chi connectivity index (χ1) is 11.4. The Labute approximate surface area is 143 Å². The SMILES string of the molecule is COc1ccc(CCN(CCNC(=O)NC2CC2)S(C)(=O)=O)cc1. The minimum Gasteiger partial charge on any atom is -0.497 e. The van der Waals surface area contributed by atoms with Gasteiger partial charge < -0.3 is 15.4 Å². The Morgan fingerprint density at radius 2 is 1.92 bits per heavy atom. The minimum absolute atomic E-state index is 0.235. The molecule has 1 aromatic carbocycles. The number of rotatable bonds is 9. The average molecular weight is 355 g/mol. The fourth-order valence-corrected chi connectivity index (χ4v) is 3.09. The number of ether oxygens (including phenoxy) is 1. The summed E-state index contributed by atoms with van der Waals surface area (Å²) >= 11 is 0. The quantitative estimate of drug-likeness (QED) is 0.691. The molecule has 1 aliphatic rings. The number of amides is 2. The third kappa shape index (κ3) is 6.37. The molecule has 2 amide bonds. The molecule has 0 aromatic heterocycles. The van der Waals surface area contributed by atoms with Gasteiger partial charge in [0.25, 0.3) is 0 Å². The lowest BCUT2D eigenvalue weighted by Crippen LogP contribution is -2.43. The van der Waals surface area contributed by atoms with Gasteiger partial charge in [-0.1, -0.05) is 12.1 Å². The number of hydrogen-bond donors (Lipinski definition) is 2. The Bertz CT molecular complexity index is 642. The van der Waals surface area contributed by atoms with E-state index in [1.807, 2.05) is 24.3 Å². The molecule has 0 unspecified atom stereocenters. The van der Waals surface area contributed by atoms with Gasteiger partial charge in [0.1, 0.15) is 5.75 Å². The molecule has 24 heavy (non-hydrogen) atoms. The van der Waals surface area contributed by atoms with Crippen LogP contribution in [0.4, 0.5) is 4.79 Å². The van der Waals surface area contributed by atoms with Crippen molar-refractivity contribution in [1.29, 1.82) is 0 Å². The van der Waals surface area contributed by atoms with Crippen LogP contribution in [0.15, 0.2) is 24.3 Å². The topological polar surface area (TPSA) is 87.7 Å². The summed E-state index contributed by atoms with van der Waals surface area (Å²) in [5, 5.41) is 5.50. The van der Waals surface area contributed by atoms with Crippen LogP contribution in [0.2, 0.25) is 0 Å². The zero-order valence-electron chi connectivity index (χ0n) is 14.1. The monoisotopic (exact) mass is 355 g/mol. The summed E-state index contributed by atoms with van der Waals surface area (Å²) < 4.78 is 30.3. The fraction of sp³-hybridized carbons (Fsp3) is 0.562. The lowest BCUT2D eigenvalue weighted by atomic mass is 10.1. The molecule has 0 atom stereocenters. The van der Waals surface area contributed by atoms with Crippen LogP contribution in [0.1, 0.15) is 18.4 Å². The third-order valence-electron chi connectivity index (χ3n) is 3.84. The summed E-state index contributed by atoms with van der Waals surface area (Å²) in [5.41, 5.74) is 1.03. The summed E-state index contributed by atoms with van der Waals surface area (Å²) in [4.78, 5) is 11.6. The van der Waals surface area contributed by atoms with Gasteiger partial charge in [0.2, 0.25) is 10.0 Å². The molecule has 2 rings (SSSR count). The van der Waals surface area contributed by atoms with Crippen LogP contribution < -0.4 is 15.4 Å². The van der Waals surface area contributed by atoms with Gasteiger partial charge in [-0.2, -0.15) is 0 Å². The van der Waals surface area contributed by atoms with Crippen molar-refractivity contribution in [2.45, 2.75) is 25.3 Å². The van der Waals surface area contributed by atoms with Gasteiger partial charge in [-0.05, 0) is 37.0 Å². The Hall–Kier alpha value is -1.80. The van der Waals surface area contributed by atoms with Gasteiger partial charge in [-0.15, -0.1) is 0 Å². The summed E-state index contributed by atoms with van der Waals surface area (Å²) in [6.45, 7) is 0.915. The number of hydrogen-bond acceptors (Lipinski definition) is 4. The first-order valence-corrected chi connectivity index (χ1v) is 9.86. The summed E-state index contributed by atoms with van der Waals surface area (Å²) in [6, 6.07) is 7.59. The average Bonchev–Trinajstić information content (AvgIpc) is 3.33. The number of nitrogens with zero attached hydrogens (tertiary/aromatic N) is 1. The zero-order chi connectivity index (χ0) is 17.6. The number of carbonyl (C=O) groups excluding carboxylic acids is 1. The van der Waals surface area contributed by atoms with Crippen molar-refractivity contribution in [3.05, 3.63) is 29.8 Å². The van der Waals surface area contributed by atoms with Crippen molar-refractivity contribution in [3.8, 4) is 5.75 Å². The van der Waals surface area contributed by atoms with E-state index in [1.54, 1.807) is 7.11 Å². The molecule has 0 heterocycles. The predicted octanol–water partition coefficient (Wildman–Crippen LogP) is 0.961. The van der Waals surface area contributed by atoms with Gasteiger partial charge in [0.05, 0.1) is 13.4 Å². The molecule has 0 bridgehead atoms. The normalized spacial score (nSPS) is 14.5. The maximum absolute atomic E-state index is 11.9. The van der Waals surface area contributed by atoms with Crippen molar-refractivity contribution in [2.75, 3.05) is 33.0 Å². The van der Waals surface area contributed by atoms with Gasteiger partial charge >= 0.3 is 6.03 Å². The molecular formula is C16H25N3O4S. The molecule has 1 saturated carbocycles. The van der Waals surface area contributed by atoms with Crippen LogP contribution in [0, 0.1) is 0 Å². The Morgan fingerprint density at radius 1 is 1.25 bits per heavy atom. The van der Waals surface area contributed by atoms with Crippen molar-refractivity contribution in [2.24, 2.45) is 0 Å². The number of methoxy groups -OCH3 is 1. The molecule has 0 spiro atoms. The molecule has 134 valence electrons. The summed E-state index contributed by atoms with van der Waals surface area (Å²) in [5.74, 6) is 0.768. The largest absolute Gasteiger partial charge is 0.497 e. The second-order valence-corrected chi connectivity index (χ2v) is 7.92. The second-order valence-electron chi connectivity index (χ2n) is 5.93. The number of sulfonamides is 1. The van der Waals surface area contributed by atoms with Crippen LogP contribution in [0.3, 0.4) is 0 Å². The van der Waals surface area contributed by atoms with Gasteiger partial charge in [0, 0.05) is 25.7 Å². The van der Waals surface area contributed by atoms with E-state index in [0.29, 0.717) is 13.0 Å². The molecule has 0 saturated heterocycles. The molecule has 1 fully saturated rings. The van der Waals surface area contributed by atoms with E-state index in [1.165, 1.54) is 10.6 Å².